The van der Waals surface area contributed by atoms with E-state index in [-0.39, 0.29) is 0 Å². The number of esters is 3. The molecule has 0 aromatic rings. The van der Waals surface area contributed by atoms with Crippen molar-refractivity contribution in [3.63, 3.8) is 0 Å². The summed E-state index contributed by atoms with van der Waals surface area (Å²) in [7, 11) is 0. The van der Waals surface area contributed by atoms with Crippen LogP contribution in [-0.4, -0.2) is 53.7 Å². The molecule has 0 unspecified atom stereocenters. The first-order valence-corrected chi connectivity index (χ1v) is 6.91. The highest BCUT2D eigenvalue weighted by molar-refractivity contribution is 7.78. The Morgan fingerprint density at radius 2 is 1.41 bits per heavy atom. The molecule has 122 valence electrons. The van der Waals surface area contributed by atoms with Gasteiger partial charge < -0.3 is 18.9 Å². The van der Waals surface area contributed by atoms with E-state index in [1.54, 1.807) is 6.92 Å². The minimum Gasteiger partial charge on any atom is -0.456 e. The van der Waals surface area contributed by atoms with Crippen molar-refractivity contribution >= 4 is 35.3 Å². The van der Waals surface area contributed by atoms with Gasteiger partial charge in [0.15, 0.2) is 24.5 Å². The van der Waals surface area contributed by atoms with Crippen molar-refractivity contribution < 1.29 is 33.3 Å². The molecule has 0 bridgehead atoms. The average molecular weight is 331 g/mol. The van der Waals surface area contributed by atoms with E-state index < -0.39 is 48.6 Å². The molecule has 0 aromatic carbocycles. The van der Waals surface area contributed by atoms with E-state index in [9.17, 15) is 14.4 Å². The Kier molecular flexibility index (Phi) is 6.61. The molecule has 0 amide bonds. The van der Waals surface area contributed by atoms with Crippen LogP contribution in [0.4, 0.5) is 0 Å². The van der Waals surface area contributed by atoms with Crippen molar-refractivity contribution in [1.29, 1.82) is 0 Å². The molecule has 0 aliphatic carbocycles. The predicted molar refractivity (Wildman–Crippen MR) is 76.0 cm³/mol. The van der Waals surface area contributed by atoms with Gasteiger partial charge in [-0.2, -0.15) is 4.99 Å². The molecule has 5 atom stereocenters. The monoisotopic (exact) mass is 331 g/mol. The highest BCUT2D eigenvalue weighted by Crippen LogP contribution is 2.29. The van der Waals surface area contributed by atoms with E-state index in [2.05, 4.69) is 22.4 Å². The van der Waals surface area contributed by atoms with Crippen molar-refractivity contribution in [2.75, 3.05) is 0 Å². The molecular formula is C13H17NO7S. The summed E-state index contributed by atoms with van der Waals surface area (Å²) in [4.78, 5) is 37.6. The molecule has 0 aromatic heterocycles. The molecule has 0 saturated carbocycles. The number of hydrogen-bond acceptors (Lipinski definition) is 9. The summed E-state index contributed by atoms with van der Waals surface area (Å²) < 4.78 is 20.9. The number of hydrogen-bond donors (Lipinski definition) is 0. The third-order valence-corrected chi connectivity index (χ3v) is 2.94. The molecule has 0 radical (unpaired) electrons. The minimum absolute atomic E-state index is 0.587. The largest absolute Gasteiger partial charge is 0.456 e. The number of carbonyl (C=O) groups excluding carboxylic acids is 3. The van der Waals surface area contributed by atoms with Crippen LogP contribution in [0.1, 0.15) is 27.7 Å². The second-order valence-electron chi connectivity index (χ2n) is 4.67. The summed E-state index contributed by atoms with van der Waals surface area (Å²) >= 11 is 4.53. The summed E-state index contributed by atoms with van der Waals surface area (Å²) in [6.45, 7) is 5.19. The van der Waals surface area contributed by atoms with Gasteiger partial charge in [-0.05, 0) is 19.1 Å². The van der Waals surface area contributed by atoms with Crippen LogP contribution in [0.25, 0.3) is 0 Å². The molecule has 1 heterocycles. The van der Waals surface area contributed by atoms with Crippen molar-refractivity contribution in [2.24, 2.45) is 4.99 Å². The highest BCUT2D eigenvalue weighted by atomic mass is 32.1. The average Bonchev–Trinajstić information content (AvgIpc) is 2.37. The van der Waals surface area contributed by atoms with Gasteiger partial charge in [0.05, 0.1) is 11.3 Å². The highest BCUT2D eigenvalue weighted by Gasteiger charge is 2.50. The number of nitrogens with zero attached hydrogens (tertiary/aromatic N) is 1. The summed E-state index contributed by atoms with van der Waals surface area (Å²) in [5, 5.41) is 2.13. The van der Waals surface area contributed by atoms with Gasteiger partial charge in [0, 0.05) is 20.8 Å². The topological polar surface area (TPSA) is 100 Å². The quantitative estimate of drug-likeness (QED) is 0.320. The molecule has 22 heavy (non-hydrogen) atoms. The zero-order valence-electron chi connectivity index (χ0n) is 12.6. The van der Waals surface area contributed by atoms with E-state index >= 15 is 0 Å². The lowest BCUT2D eigenvalue weighted by molar-refractivity contribution is -0.241. The number of ether oxygens (including phenoxy) is 4. The lowest BCUT2D eigenvalue weighted by Gasteiger charge is -2.41. The minimum atomic E-state index is -1.10. The standard InChI is InChI=1S/C13H17NO7S/c1-6-10(19-7(2)15)11(20-8(3)16)12(21-9(4)17)13(18-6)14-5-22/h6,10-13H,1-4H3/t6-,10-,11+,12+,13-/m0/s1. The molecule has 1 aliphatic rings. The number of rotatable bonds is 4. The van der Waals surface area contributed by atoms with Crippen LogP contribution in [0, 0.1) is 0 Å². The fourth-order valence-electron chi connectivity index (χ4n) is 2.14. The Bertz CT molecular complexity index is 503. The van der Waals surface area contributed by atoms with Crippen molar-refractivity contribution in [3.05, 3.63) is 0 Å². The van der Waals surface area contributed by atoms with Crippen LogP contribution in [0.2, 0.25) is 0 Å². The Labute approximate surface area is 132 Å². The molecule has 0 spiro atoms. The summed E-state index contributed by atoms with van der Waals surface area (Å²) in [5.74, 6) is -1.85. The van der Waals surface area contributed by atoms with Crippen LogP contribution in [0.5, 0.6) is 0 Å². The fraction of sp³-hybridized carbons (Fsp3) is 0.692. The van der Waals surface area contributed by atoms with Gasteiger partial charge in [-0.3, -0.25) is 14.4 Å². The SMILES string of the molecule is CC(=O)O[C@@H]1[C@@H](OC(C)=O)[C@H](C)O[C@H](N=C=S)[C@@H]1OC(C)=O. The Morgan fingerprint density at radius 1 is 0.955 bits per heavy atom. The predicted octanol–water partition coefficient (Wildman–Crippen LogP) is 0.629. The second-order valence-corrected chi connectivity index (χ2v) is 4.86. The number of carbonyl (C=O) groups is 3. The second kappa shape index (κ2) is 7.98. The molecule has 9 heteroatoms. The maximum Gasteiger partial charge on any atom is 0.303 e. The zero-order valence-corrected chi connectivity index (χ0v) is 13.4. The molecule has 1 aliphatic heterocycles. The third-order valence-electron chi connectivity index (χ3n) is 2.83. The van der Waals surface area contributed by atoms with Gasteiger partial charge in [0.1, 0.15) is 0 Å². The fourth-order valence-corrected chi connectivity index (χ4v) is 2.25. The molecule has 0 N–H and O–H groups in total. The van der Waals surface area contributed by atoms with Gasteiger partial charge in [0.25, 0.3) is 0 Å². The molecule has 1 saturated heterocycles. The van der Waals surface area contributed by atoms with Gasteiger partial charge in [0.2, 0.25) is 0 Å². The van der Waals surface area contributed by atoms with Gasteiger partial charge in [-0.1, -0.05) is 0 Å². The Morgan fingerprint density at radius 3 is 1.86 bits per heavy atom. The van der Waals surface area contributed by atoms with Crippen LogP contribution in [0.15, 0.2) is 4.99 Å². The molecule has 8 nitrogen and oxygen atoms in total. The number of thiocarbonyl (C=S) groups is 1. The third kappa shape index (κ3) is 4.87. The van der Waals surface area contributed by atoms with Gasteiger partial charge in [-0.25, -0.2) is 0 Å². The maximum atomic E-state index is 11.3. The molecular weight excluding hydrogens is 314 g/mol. The van der Waals surface area contributed by atoms with Crippen LogP contribution < -0.4 is 0 Å². The van der Waals surface area contributed by atoms with E-state index in [0.29, 0.717) is 0 Å². The smallest absolute Gasteiger partial charge is 0.303 e. The Balaban J connectivity index is 3.18. The molecule has 1 fully saturated rings. The van der Waals surface area contributed by atoms with Crippen LogP contribution >= 0.6 is 12.2 Å². The zero-order chi connectivity index (χ0) is 16.9. The first-order valence-electron chi connectivity index (χ1n) is 6.50. The van der Waals surface area contributed by atoms with Crippen LogP contribution in [0.3, 0.4) is 0 Å². The van der Waals surface area contributed by atoms with E-state index in [1.165, 1.54) is 20.8 Å². The van der Waals surface area contributed by atoms with E-state index in [0.717, 1.165) is 0 Å². The van der Waals surface area contributed by atoms with Crippen molar-refractivity contribution in [1.82, 2.24) is 0 Å². The normalized spacial score (nSPS) is 30.6. The summed E-state index contributed by atoms with van der Waals surface area (Å²) in [6, 6.07) is 0. The van der Waals surface area contributed by atoms with E-state index in [4.69, 9.17) is 18.9 Å². The van der Waals surface area contributed by atoms with Crippen LogP contribution in [-0.2, 0) is 33.3 Å². The summed E-state index contributed by atoms with van der Waals surface area (Å²) in [6.07, 6.45) is -4.77. The maximum absolute atomic E-state index is 11.3. The van der Waals surface area contributed by atoms with Gasteiger partial charge >= 0.3 is 17.9 Å². The lowest BCUT2D eigenvalue weighted by atomic mass is 9.98. The lowest BCUT2D eigenvalue weighted by Crippen LogP contribution is -2.60. The first-order chi connectivity index (χ1) is 10.3. The Hall–Kier alpha value is -1.83. The number of aliphatic imine (C=N–C) groups is 1. The first kappa shape index (κ1) is 18.2. The molecule has 1 rings (SSSR count). The van der Waals surface area contributed by atoms with Gasteiger partial charge in [-0.15, -0.1) is 0 Å². The van der Waals surface area contributed by atoms with E-state index in [1.807, 2.05) is 0 Å². The summed E-state index contributed by atoms with van der Waals surface area (Å²) in [5.41, 5.74) is 0. The number of isothiocyanates is 1. The van der Waals surface area contributed by atoms with Crippen molar-refractivity contribution in [2.45, 2.75) is 58.3 Å². The van der Waals surface area contributed by atoms with Crippen molar-refractivity contribution in [3.8, 4) is 0 Å².